The molecule has 1 aromatic rings. The zero-order chi connectivity index (χ0) is 11.1. The molecule has 3 N–H and O–H groups in total. The Hall–Kier alpha value is -1.16. The Morgan fingerprint density at radius 2 is 2.20 bits per heavy atom. The van der Waals surface area contributed by atoms with Gasteiger partial charge >= 0.3 is 0 Å². The number of nitrogens with zero attached hydrogens (tertiary/aromatic N) is 2. The van der Waals surface area contributed by atoms with Crippen LogP contribution in [0.2, 0.25) is 0 Å². The molecule has 1 aliphatic rings. The fourth-order valence-corrected chi connectivity index (χ4v) is 1.84. The number of nitrogens with two attached hydrogens (primary N) is 1. The summed E-state index contributed by atoms with van der Waals surface area (Å²) >= 11 is 0. The summed E-state index contributed by atoms with van der Waals surface area (Å²) in [6.07, 6.45) is 2.08. The van der Waals surface area contributed by atoms with Crippen molar-refractivity contribution in [2.45, 2.75) is 39.5 Å². The average molecular weight is 206 g/mol. The van der Waals surface area contributed by atoms with E-state index >= 15 is 0 Å². The van der Waals surface area contributed by atoms with Crippen LogP contribution in [0.15, 0.2) is 6.07 Å². The molecular weight excluding hydrogens is 188 g/mol. The second-order valence-electron chi connectivity index (χ2n) is 4.85. The van der Waals surface area contributed by atoms with E-state index < -0.39 is 0 Å². The predicted molar refractivity (Wildman–Crippen MR) is 60.4 cm³/mol. The molecule has 1 aromatic heterocycles. The van der Waals surface area contributed by atoms with Crippen molar-refractivity contribution < 1.29 is 0 Å². The van der Waals surface area contributed by atoms with Gasteiger partial charge in [0.2, 0.25) is 0 Å². The molecule has 0 saturated heterocycles. The summed E-state index contributed by atoms with van der Waals surface area (Å²) in [5, 5.41) is 0. The number of aromatic nitrogens is 2. The summed E-state index contributed by atoms with van der Waals surface area (Å²) in [7, 11) is 0. The minimum atomic E-state index is 0.359. The maximum atomic E-state index is 5.39. The van der Waals surface area contributed by atoms with Gasteiger partial charge < -0.3 is 5.43 Å². The lowest BCUT2D eigenvalue weighted by Crippen LogP contribution is -2.11. The highest BCUT2D eigenvalue weighted by atomic mass is 15.3. The third kappa shape index (κ3) is 1.95. The van der Waals surface area contributed by atoms with Gasteiger partial charge in [0, 0.05) is 17.7 Å². The number of rotatable bonds is 3. The van der Waals surface area contributed by atoms with Crippen molar-refractivity contribution in [2.24, 2.45) is 11.3 Å². The van der Waals surface area contributed by atoms with E-state index in [0.29, 0.717) is 11.3 Å². The number of aryl methyl sites for hydroxylation is 1. The minimum Gasteiger partial charge on any atom is -0.308 e. The van der Waals surface area contributed by atoms with E-state index in [2.05, 4.69) is 36.2 Å². The van der Waals surface area contributed by atoms with Gasteiger partial charge in [-0.25, -0.2) is 15.8 Å². The highest BCUT2D eigenvalue weighted by Gasteiger charge is 2.48. The lowest BCUT2D eigenvalue weighted by molar-refractivity contribution is 0.607. The van der Waals surface area contributed by atoms with E-state index in [1.807, 2.05) is 6.07 Å². The first-order chi connectivity index (χ1) is 7.06. The molecule has 82 valence electrons. The van der Waals surface area contributed by atoms with Gasteiger partial charge in [-0.3, -0.25) is 0 Å². The molecule has 0 radical (unpaired) electrons. The van der Waals surface area contributed by atoms with E-state index in [4.69, 9.17) is 5.84 Å². The van der Waals surface area contributed by atoms with Gasteiger partial charge in [0.05, 0.1) is 0 Å². The molecule has 4 nitrogen and oxygen atoms in total. The number of hydrogen-bond acceptors (Lipinski definition) is 4. The fraction of sp³-hybridized carbons (Fsp3) is 0.636. The van der Waals surface area contributed by atoms with Crippen LogP contribution in [-0.4, -0.2) is 9.97 Å². The summed E-state index contributed by atoms with van der Waals surface area (Å²) < 4.78 is 0. The summed E-state index contributed by atoms with van der Waals surface area (Å²) in [5.41, 5.74) is 4.01. The van der Waals surface area contributed by atoms with Crippen LogP contribution in [0.25, 0.3) is 0 Å². The maximum absolute atomic E-state index is 5.39. The maximum Gasteiger partial charge on any atom is 0.143 e. The van der Waals surface area contributed by atoms with Crippen LogP contribution in [0, 0.1) is 5.41 Å². The molecular formula is C11H18N4. The second-order valence-corrected chi connectivity index (χ2v) is 4.85. The highest BCUT2D eigenvalue weighted by molar-refractivity contribution is 5.36. The largest absolute Gasteiger partial charge is 0.308 e. The monoisotopic (exact) mass is 206 g/mol. The molecule has 15 heavy (non-hydrogen) atoms. The van der Waals surface area contributed by atoms with Gasteiger partial charge in [-0.05, 0) is 18.3 Å². The van der Waals surface area contributed by atoms with Crippen molar-refractivity contribution in [3.8, 4) is 0 Å². The van der Waals surface area contributed by atoms with E-state index in [-0.39, 0.29) is 0 Å². The Balaban J connectivity index is 2.31. The molecule has 0 aliphatic heterocycles. The Morgan fingerprint density at radius 3 is 2.67 bits per heavy atom. The van der Waals surface area contributed by atoms with Crippen molar-refractivity contribution >= 4 is 5.82 Å². The molecule has 1 unspecified atom stereocenters. The Kier molecular flexibility index (Phi) is 2.38. The average Bonchev–Trinajstić information content (AvgIpc) is 2.87. The molecule has 0 bridgehead atoms. The van der Waals surface area contributed by atoms with Crippen molar-refractivity contribution in [3.63, 3.8) is 0 Å². The summed E-state index contributed by atoms with van der Waals surface area (Å²) in [5.74, 6) is 7.55. The SMILES string of the molecule is CCc1cc(NN)nc(C2CC2(C)C)n1. The van der Waals surface area contributed by atoms with Crippen LogP contribution < -0.4 is 11.3 Å². The zero-order valence-electron chi connectivity index (χ0n) is 9.54. The summed E-state index contributed by atoms with van der Waals surface area (Å²) in [4.78, 5) is 8.96. The molecule has 1 aliphatic carbocycles. The molecule has 1 heterocycles. The highest BCUT2D eigenvalue weighted by Crippen LogP contribution is 2.57. The van der Waals surface area contributed by atoms with Gasteiger partial charge in [0.15, 0.2) is 0 Å². The number of anilines is 1. The molecule has 0 spiro atoms. The van der Waals surface area contributed by atoms with Gasteiger partial charge in [-0.1, -0.05) is 20.8 Å². The molecule has 1 atom stereocenters. The molecule has 0 amide bonds. The smallest absolute Gasteiger partial charge is 0.143 e. The fourth-order valence-electron chi connectivity index (χ4n) is 1.84. The van der Waals surface area contributed by atoms with Crippen molar-refractivity contribution in [1.29, 1.82) is 0 Å². The first-order valence-electron chi connectivity index (χ1n) is 5.41. The second kappa shape index (κ2) is 3.45. The van der Waals surface area contributed by atoms with Gasteiger partial charge in [-0.2, -0.15) is 0 Å². The number of nitrogen functional groups attached to an aromatic ring is 1. The summed E-state index contributed by atoms with van der Waals surface area (Å²) in [6.45, 7) is 6.58. The van der Waals surface area contributed by atoms with Crippen LogP contribution in [0.3, 0.4) is 0 Å². The quantitative estimate of drug-likeness (QED) is 0.585. The number of hydrazine groups is 1. The van der Waals surface area contributed by atoms with Crippen molar-refractivity contribution in [2.75, 3.05) is 5.43 Å². The normalized spacial score (nSPS) is 22.5. The Labute approximate surface area is 90.3 Å². The molecule has 1 saturated carbocycles. The first-order valence-corrected chi connectivity index (χ1v) is 5.41. The van der Waals surface area contributed by atoms with Crippen LogP contribution in [0.4, 0.5) is 5.82 Å². The number of nitrogens with one attached hydrogen (secondary N) is 1. The molecule has 2 rings (SSSR count). The molecule has 1 fully saturated rings. The third-order valence-corrected chi connectivity index (χ3v) is 3.13. The third-order valence-electron chi connectivity index (χ3n) is 3.13. The predicted octanol–water partition coefficient (Wildman–Crippen LogP) is 1.84. The number of hydrogen-bond donors (Lipinski definition) is 2. The van der Waals surface area contributed by atoms with E-state index in [9.17, 15) is 0 Å². The van der Waals surface area contributed by atoms with Crippen LogP contribution in [0.5, 0.6) is 0 Å². The van der Waals surface area contributed by atoms with Gasteiger partial charge in [-0.15, -0.1) is 0 Å². The van der Waals surface area contributed by atoms with Gasteiger partial charge in [0.1, 0.15) is 11.6 Å². The van der Waals surface area contributed by atoms with Crippen LogP contribution in [0.1, 0.15) is 44.6 Å². The summed E-state index contributed by atoms with van der Waals surface area (Å²) in [6, 6.07) is 1.90. The molecule has 0 aromatic carbocycles. The minimum absolute atomic E-state index is 0.359. The van der Waals surface area contributed by atoms with Gasteiger partial charge in [0.25, 0.3) is 0 Å². The van der Waals surface area contributed by atoms with E-state index in [1.54, 1.807) is 0 Å². The standard InChI is InChI=1S/C11H18N4/c1-4-7-5-9(15-12)14-10(13-7)8-6-11(8,2)3/h5,8H,4,6,12H2,1-3H3,(H,13,14,15). The van der Waals surface area contributed by atoms with Crippen molar-refractivity contribution in [1.82, 2.24) is 9.97 Å². The lowest BCUT2D eigenvalue weighted by atomic mass is 10.1. The first kappa shape index (κ1) is 10.4. The Bertz CT molecular complexity index is 351. The van der Waals surface area contributed by atoms with E-state index in [0.717, 1.165) is 23.8 Å². The Morgan fingerprint density at radius 1 is 1.53 bits per heavy atom. The zero-order valence-corrected chi connectivity index (χ0v) is 9.54. The lowest BCUT2D eigenvalue weighted by Gasteiger charge is -2.07. The van der Waals surface area contributed by atoms with Crippen LogP contribution in [-0.2, 0) is 6.42 Å². The van der Waals surface area contributed by atoms with Crippen LogP contribution >= 0.6 is 0 Å². The van der Waals surface area contributed by atoms with Crippen molar-refractivity contribution in [3.05, 3.63) is 17.6 Å². The topological polar surface area (TPSA) is 63.8 Å². The van der Waals surface area contributed by atoms with E-state index in [1.165, 1.54) is 6.42 Å². The molecule has 4 heteroatoms.